The highest BCUT2D eigenvalue weighted by molar-refractivity contribution is 7.34. The molecule has 12 heteroatoms. The number of nitriles is 4. The highest BCUT2D eigenvalue weighted by Gasteiger charge is 2.53. The number of ketones is 4. The molecule has 0 amide bonds. The molecule has 6 aliphatic carbocycles. The predicted octanol–water partition coefficient (Wildman–Crippen LogP) is 12.0. The fourth-order valence-electron chi connectivity index (χ4n) is 11.4. The van der Waals surface area contributed by atoms with Gasteiger partial charge >= 0.3 is 0 Å². The SMILES string of the molecule is N#Cc1cc2c(cc1C#N)C(=O)C(=Cc1cc3c(s1)-c1sc4c5c(sc4c1C31CCCCC1)-c1sc(C=C3C(=O)c4cc(C#N)c(C#N)cc4C3=O)cc1C51CCCCC1)C2=O. The minimum atomic E-state index is -0.417. The van der Waals surface area contributed by atoms with Crippen molar-refractivity contribution in [1.82, 2.24) is 0 Å². The highest BCUT2D eigenvalue weighted by atomic mass is 32.1. The van der Waals surface area contributed by atoms with E-state index in [2.05, 4.69) is 12.1 Å². The van der Waals surface area contributed by atoms with Crippen molar-refractivity contribution >= 4 is 90.0 Å². The van der Waals surface area contributed by atoms with Gasteiger partial charge in [-0.1, -0.05) is 38.5 Å². The Hall–Kier alpha value is -6.38. The molecule has 0 N–H and O–H groups in total. The Kier molecular flexibility index (Phi) is 7.88. The summed E-state index contributed by atoms with van der Waals surface area (Å²) in [5.74, 6) is -1.67. The second-order valence-electron chi connectivity index (χ2n) is 17.1. The lowest BCUT2D eigenvalue weighted by Gasteiger charge is -2.35. The smallest absolute Gasteiger partial charge is 0.197 e. The zero-order valence-corrected chi connectivity index (χ0v) is 36.0. The van der Waals surface area contributed by atoms with E-state index in [9.17, 15) is 40.2 Å². The lowest BCUT2D eigenvalue weighted by Crippen LogP contribution is -2.28. The van der Waals surface area contributed by atoms with E-state index in [0.717, 1.165) is 61.1 Å². The number of carbonyl (C=O) groups is 4. The van der Waals surface area contributed by atoms with E-state index in [1.54, 1.807) is 34.8 Å². The Labute approximate surface area is 370 Å². The Bertz CT molecular complexity index is 3110. The van der Waals surface area contributed by atoms with Crippen LogP contribution in [0.1, 0.15) is 160 Å². The van der Waals surface area contributed by atoms with Crippen LogP contribution in [0.3, 0.4) is 0 Å². The fourth-order valence-corrected chi connectivity index (χ4v) is 17.4. The molecule has 0 atom stereocenters. The van der Waals surface area contributed by atoms with E-state index in [1.165, 1.54) is 88.3 Å². The van der Waals surface area contributed by atoms with Gasteiger partial charge in [-0.3, -0.25) is 19.2 Å². The van der Waals surface area contributed by atoms with Crippen LogP contribution in [0.2, 0.25) is 0 Å². The number of nitrogens with zero attached hydrogens (tertiary/aromatic N) is 4. The first kappa shape index (κ1) is 37.4. The third-order valence-electron chi connectivity index (χ3n) is 14.2. The summed E-state index contributed by atoms with van der Waals surface area (Å²) >= 11 is 7.08. The van der Waals surface area contributed by atoms with Gasteiger partial charge in [0.25, 0.3) is 0 Å². The molecular formula is C50H28N4O4S4. The van der Waals surface area contributed by atoms with Crippen molar-refractivity contribution in [2.75, 3.05) is 0 Å². The molecule has 296 valence electrons. The number of allylic oxidation sites excluding steroid dienone is 2. The van der Waals surface area contributed by atoms with Crippen molar-refractivity contribution < 1.29 is 19.2 Å². The third kappa shape index (κ3) is 4.71. The van der Waals surface area contributed by atoms with E-state index < -0.39 is 23.1 Å². The maximum atomic E-state index is 13.7. The van der Waals surface area contributed by atoms with Crippen LogP contribution < -0.4 is 0 Å². The highest BCUT2D eigenvalue weighted by Crippen LogP contribution is 2.69. The molecule has 2 fully saturated rings. The predicted molar refractivity (Wildman–Crippen MR) is 239 cm³/mol. The van der Waals surface area contributed by atoms with Crippen LogP contribution in [-0.4, -0.2) is 23.1 Å². The molecule has 2 aromatic carbocycles. The van der Waals surface area contributed by atoms with Crippen LogP contribution in [0, 0.1) is 45.3 Å². The second-order valence-corrected chi connectivity index (χ2v) is 21.3. The zero-order valence-electron chi connectivity index (χ0n) is 32.7. The number of carbonyl (C=O) groups excluding carboxylic acids is 4. The van der Waals surface area contributed by atoms with Gasteiger partial charge in [0.05, 0.1) is 52.6 Å². The summed E-state index contributed by atoms with van der Waals surface area (Å²) in [4.78, 5) is 61.4. The number of Topliss-reactive ketones (excluding diaryl/α,β-unsaturated/α-hetero) is 4. The monoisotopic (exact) mass is 876 g/mol. The molecule has 0 aliphatic heterocycles. The Balaban J connectivity index is 0.974. The Morgan fingerprint density at radius 1 is 0.435 bits per heavy atom. The number of hydrogen-bond donors (Lipinski definition) is 0. The summed E-state index contributed by atoms with van der Waals surface area (Å²) in [6.07, 6.45) is 14.3. The van der Waals surface area contributed by atoms with Gasteiger partial charge in [-0.2, -0.15) is 21.0 Å². The van der Waals surface area contributed by atoms with Crippen molar-refractivity contribution in [3.8, 4) is 43.8 Å². The molecule has 8 nitrogen and oxygen atoms in total. The largest absolute Gasteiger partial charge is 0.288 e. The quantitative estimate of drug-likeness (QED) is 0.123. The topological polar surface area (TPSA) is 163 Å². The van der Waals surface area contributed by atoms with E-state index in [4.69, 9.17) is 0 Å². The molecule has 0 unspecified atom stereocenters. The molecule has 6 aromatic rings. The summed E-state index contributed by atoms with van der Waals surface area (Å²) in [7, 11) is 0. The lowest BCUT2D eigenvalue weighted by atomic mass is 9.67. The van der Waals surface area contributed by atoms with Crippen LogP contribution in [0.4, 0.5) is 0 Å². The van der Waals surface area contributed by atoms with Gasteiger partial charge in [0.1, 0.15) is 24.3 Å². The molecule has 6 aliphatic rings. The average Bonchev–Trinajstić information content (AvgIpc) is 4.18. The summed E-state index contributed by atoms with van der Waals surface area (Å²) in [6.45, 7) is 0. The maximum Gasteiger partial charge on any atom is 0.197 e. The summed E-state index contributed by atoms with van der Waals surface area (Å²) in [6, 6.07) is 17.8. The summed E-state index contributed by atoms with van der Waals surface area (Å²) in [5.41, 5.74) is 6.23. The van der Waals surface area contributed by atoms with Gasteiger partial charge in [-0.15, -0.1) is 45.3 Å². The second kappa shape index (κ2) is 13.1. The molecule has 0 radical (unpaired) electrons. The average molecular weight is 877 g/mol. The molecule has 4 aromatic heterocycles. The van der Waals surface area contributed by atoms with Gasteiger partial charge in [0.15, 0.2) is 23.1 Å². The maximum absolute atomic E-state index is 13.7. The van der Waals surface area contributed by atoms with Crippen molar-refractivity contribution in [1.29, 1.82) is 21.0 Å². The minimum absolute atomic E-state index is 0.0645. The van der Waals surface area contributed by atoms with Crippen molar-refractivity contribution in [2.45, 2.75) is 75.0 Å². The minimum Gasteiger partial charge on any atom is -0.288 e. The van der Waals surface area contributed by atoms with Gasteiger partial charge in [0, 0.05) is 63.7 Å². The molecule has 62 heavy (non-hydrogen) atoms. The third-order valence-corrected chi connectivity index (χ3v) is 19.2. The first-order valence-electron chi connectivity index (χ1n) is 20.6. The summed E-state index contributed by atoms with van der Waals surface area (Å²) in [5, 5.41) is 38.3. The van der Waals surface area contributed by atoms with Gasteiger partial charge < -0.3 is 0 Å². The normalized spacial score (nSPS) is 18.3. The number of hydrogen-bond acceptors (Lipinski definition) is 12. The van der Waals surface area contributed by atoms with Crippen LogP contribution in [-0.2, 0) is 10.8 Å². The van der Waals surface area contributed by atoms with E-state index in [0.29, 0.717) is 0 Å². The molecule has 0 bridgehead atoms. The van der Waals surface area contributed by atoms with Crippen LogP contribution in [0.5, 0.6) is 0 Å². The molecule has 12 rings (SSSR count). The number of fused-ring (bicyclic) bond motifs is 15. The van der Waals surface area contributed by atoms with E-state index >= 15 is 0 Å². The first-order chi connectivity index (χ1) is 30.1. The molecular weight excluding hydrogens is 849 g/mol. The molecule has 2 saturated carbocycles. The standard InChI is InChI=1S/C50H28N4O4S4/c51-19-23-11-29-30(12-24(23)20-52)40(56)33(39(29)55)15-27-17-35-43(59-27)45-37(49(35)7-3-1-4-8-49)47-48(61-45)38-46(62-47)44-36(50(38)9-5-2-6-10-50)18-28(60-44)16-34-41(57)31-13-25(21-53)26(22-54)14-32(31)42(34)58/h11-18H,1-10H2. The Morgan fingerprint density at radius 2 is 0.758 bits per heavy atom. The first-order valence-corrected chi connectivity index (χ1v) is 23.9. The zero-order chi connectivity index (χ0) is 42.4. The van der Waals surface area contributed by atoms with E-state index in [1.807, 2.05) is 47.0 Å². The van der Waals surface area contributed by atoms with Gasteiger partial charge in [-0.05, 0) is 85.4 Å². The fraction of sp³-hybridized carbons (Fsp3) is 0.240. The van der Waals surface area contributed by atoms with Crippen molar-refractivity contribution in [3.05, 3.63) is 124 Å². The number of benzene rings is 2. The van der Waals surface area contributed by atoms with Crippen LogP contribution >= 0.6 is 45.3 Å². The molecule has 0 saturated heterocycles. The Morgan fingerprint density at radius 3 is 1.06 bits per heavy atom. The number of thiophene rings is 4. The number of rotatable bonds is 2. The van der Waals surface area contributed by atoms with Crippen LogP contribution in [0.25, 0.3) is 41.1 Å². The summed E-state index contributed by atoms with van der Waals surface area (Å²) < 4.78 is 2.72. The molecule has 2 spiro atoms. The lowest BCUT2D eigenvalue weighted by molar-refractivity contribution is 0.0975. The van der Waals surface area contributed by atoms with Gasteiger partial charge in [-0.25, -0.2) is 0 Å². The van der Waals surface area contributed by atoms with Crippen molar-refractivity contribution in [3.63, 3.8) is 0 Å². The van der Waals surface area contributed by atoms with E-state index in [-0.39, 0.29) is 66.5 Å². The molecule has 4 heterocycles. The van der Waals surface area contributed by atoms with Crippen LogP contribution in [0.15, 0.2) is 47.5 Å². The van der Waals surface area contributed by atoms with Crippen molar-refractivity contribution in [2.24, 2.45) is 0 Å². The van der Waals surface area contributed by atoms with Gasteiger partial charge in [0.2, 0.25) is 0 Å².